The Bertz CT molecular complexity index is 1250. The number of ether oxygens (including phenoxy) is 1. The van der Waals surface area contributed by atoms with Crippen molar-refractivity contribution in [3.63, 3.8) is 0 Å². The SMILES string of the molecule is COCc1c([N+](=O)[O-])c(C=Cc2ccc(-c3ccc(C)c(Cl)c3)o2)[nH]c(=O)c1C#N. The Labute approximate surface area is 176 Å². The summed E-state index contributed by atoms with van der Waals surface area (Å²) in [6.45, 7) is 1.65. The number of nitriles is 1. The van der Waals surface area contributed by atoms with E-state index in [1.54, 1.807) is 24.3 Å². The van der Waals surface area contributed by atoms with Gasteiger partial charge in [-0.05, 0) is 42.8 Å². The van der Waals surface area contributed by atoms with Crippen molar-refractivity contribution < 1.29 is 14.1 Å². The summed E-state index contributed by atoms with van der Waals surface area (Å²) >= 11 is 6.15. The second kappa shape index (κ2) is 8.78. The fraction of sp³-hybridized carbons (Fsp3) is 0.143. The van der Waals surface area contributed by atoms with Gasteiger partial charge >= 0.3 is 0 Å². The second-order valence-electron chi connectivity index (χ2n) is 6.37. The van der Waals surface area contributed by atoms with Crippen LogP contribution in [0, 0.1) is 28.4 Å². The number of rotatable bonds is 6. The number of aromatic nitrogens is 1. The molecule has 1 aromatic carbocycles. The molecular weight excluding hydrogens is 410 g/mol. The molecule has 30 heavy (non-hydrogen) atoms. The molecule has 2 heterocycles. The van der Waals surface area contributed by atoms with Crippen LogP contribution in [0.25, 0.3) is 23.5 Å². The minimum absolute atomic E-state index is 0.0626. The minimum Gasteiger partial charge on any atom is -0.457 e. The average molecular weight is 426 g/mol. The molecular formula is C21H16ClN3O5. The van der Waals surface area contributed by atoms with Crippen LogP contribution in [0.1, 0.15) is 28.1 Å². The molecule has 8 nitrogen and oxygen atoms in total. The van der Waals surface area contributed by atoms with Gasteiger partial charge in [-0.3, -0.25) is 14.9 Å². The summed E-state index contributed by atoms with van der Waals surface area (Å²) in [6.07, 6.45) is 2.84. The Kier molecular flexibility index (Phi) is 6.16. The van der Waals surface area contributed by atoms with Gasteiger partial charge in [-0.2, -0.15) is 5.26 Å². The van der Waals surface area contributed by atoms with Crippen LogP contribution >= 0.6 is 11.6 Å². The summed E-state index contributed by atoms with van der Waals surface area (Å²) < 4.78 is 10.7. The van der Waals surface area contributed by atoms with Crippen molar-refractivity contribution in [1.82, 2.24) is 4.98 Å². The third-order valence-corrected chi connectivity index (χ3v) is 4.81. The molecule has 3 rings (SSSR count). The maximum absolute atomic E-state index is 12.2. The smallest absolute Gasteiger partial charge is 0.299 e. The number of pyridine rings is 1. The zero-order chi connectivity index (χ0) is 21.8. The molecule has 0 saturated carbocycles. The molecule has 9 heteroatoms. The van der Waals surface area contributed by atoms with E-state index in [0.717, 1.165) is 11.1 Å². The number of halogens is 1. The lowest BCUT2D eigenvalue weighted by atomic mass is 10.1. The molecule has 0 spiro atoms. The zero-order valence-electron chi connectivity index (χ0n) is 16.1. The number of hydrogen-bond donors (Lipinski definition) is 1. The van der Waals surface area contributed by atoms with Crippen molar-refractivity contribution in [2.45, 2.75) is 13.5 Å². The van der Waals surface area contributed by atoms with E-state index >= 15 is 0 Å². The number of methoxy groups -OCH3 is 1. The molecule has 0 fully saturated rings. The number of aryl methyl sites for hydroxylation is 1. The number of nitrogens with zero attached hydrogens (tertiary/aromatic N) is 2. The Balaban J connectivity index is 2.01. The Morgan fingerprint density at radius 2 is 2.10 bits per heavy atom. The fourth-order valence-corrected chi connectivity index (χ4v) is 3.08. The quantitative estimate of drug-likeness (QED) is 0.451. The number of nitrogens with one attached hydrogen (secondary N) is 1. The maximum Gasteiger partial charge on any atom is 0.299 e. The van der Waals surface area contributed by atoms with E-state index in [2.05, 4.69) is 4.98 Å². The monoisotopic (exact) mass is 425 g/mol. The first-order valence-electron chi connectivity index (χ1n) is 8.72. The van der Waals surface area contributed by atoms with Gasteiger partial charge < -0.3 is 14.1 Å². The average Bonchev–Trinajstić information content (AvgIpc) is 3.17. The summed E-state index contributed by atoms with van der Waals surface area (Å²) in [6, 6.07) is 10.6. The van der Waals surface area contributed by atoms with Gasteiger partial charge in [0.2, 0.25) is 0 Å². The molecule has 0 aliphatic carbocycles. The lowest BCUT2D eigenvalue weighted by Gasteiger charge is -2.06. The van der Waals surface area contributed by atoms with Gasteiger partial charge in [0.25, 0.3) is 11.2 Å². The summed E-state index contributed by atoms with van der Waals surface area (Å²) in [5, 5.41) is 21.4. The molecule has 0 bridgehead atoms. The number of H-pyrrole nitrogens is 1. The Morgan fingerprint density at radius 3 is 2.73 bits per heavy atom. The third kappa shape index (κ3) is 4.17. The molecule has 0 radical (unpaired) electrons. The molecule has 0 aliphatic heterocycles. The molecule has 1 N–H and O–H groups in total. The molecule has 0 saturated heterocycles. The lowest BCUT2D eigenvalue weighted by Crippen LogP contribution is -2.18. The van der Waals surface area contributed by atoms with Gasteiger partial charge in [-0.1, -0.05) is 23.7 Å². The maximum atomic E-state index is 12.2. The molecule has 0 aliphatic rings. The standard InChI is InChI=1S/C21H16ClN3O5/c1-12-3-4-13(9-17(12)22)19-8-6-14(30-19)5-7-18-20(25(27)28)16(11-29-2)15(10-23)21(26)24-18/h3-9H,11H2,1-2H3,(H,24,26). The van der Waals surface area contributed by atoms with Crippen molar-refractivity contribution in [2.75, 3.05) is 7.11 Å². The van der Waals surface area contributed by atoms with E-state index in [4.69, 9.17) is 20.8 Å². The first kappa shape index (κ1) is 21.0. The van der Waals surface area contributed by atoms with Crippen molar-refractivity contribution in [3.05, 3.63) is 84.0 Å². The van der Waals surface area contributed by atoms with Crippen molar-refractivity contribution in [2.24, 2.45) is 0 Å². The number of aromatic amines is 1. The number of benzene rings is 1. The van der Waals surface area contributed by atoms with Crippen molar-refractivity contribution in [3.8, 4) is 17.4 Å². The first-order chi connectivity index (χ1) is 14.3. The van der Waals surface area contributed by atoms with Gasteiger partial charge in [-0.15, -0.1) is 0 Å². The number of furan rings is 1. The van der Waals surface area contributed by atoms with Crippen LogP contribution in [0.4, 0.5) is 5.69 Å². The second-order valence-corrected chi connectivity index (χ2v) is 6.78. The van der Waals surface area contributed by atoms with Crippen molar-refractivity contribution >= 4 is 29.4 Å². The Hall–Kier alpha value is -3.67. The predicted molar refractivity (Wildman–Crippen MR) is 112 cm³/mol. The molecule has 2 aromatic heterocycles. The fourth-order valence-electron chi connectivity index (χ4n) is 2.90. The van der Waals surface area contributed by atoms with Crippen LogP contribution in [-0.2, 0) is 11.3 Å². The predicted octanol–water partition coefficient (Wildman–Crippen LogP) is 4.69. The van der Waals surface area contributed by atoms with E-state index < -0.39 is 16.2 Å². The van der Waals surface area contributed by atoms with Crippen LogP contribution in [-0.4, -0.2) is 17.0 Å². The van der Waals surface area contributed by atoms with E-state index in [1.807, 2.05) is 19.1 Å². The largest absolute Gasteiger partial charge is 0.457 e. The van der Waals surface area contributed by atoms with E-state index in [0.29, 0.717) is 16.5 Å². The molecule has 0 unspecified atom stereocenters. The third-order valence-electron chi connectivity index (χ3n) is 4.40. The number of nitro groups is 1. The van der Waals surface area contributed by atoms with Crippen LogP contribution in [0.15, 0.2) is 39.5 Å². The summed E-state index contributed by atoms with van der Waals surface area (Å²) in [4.78, 5) is 25.5. The van der Waals surface area contributed by atoms with E-state index in [1.165, 1.54) is 19.3 Å². The van der Waals surface area contributed by atoms with Crippen LogP contribution in [0.3, 0.4) is 0 Å². The van der Waals surface area contributed by atoms with Gasteiger partial charge in [0.15, 0.2) is 0 Å². The van der Waals surface area contributed by atoms with Gasteiger partial charge in [0, 0.05) is 17.7 Å². The highest BCUT2D eigenvalue weighted by Crippen LogP contribution is 2.29. The van der Waals surface area contributed by atoms with E-state index in [-0.39, 0.29) is 23.4 Å². The van der Waals surface area contributed by atoms with Gasteiger partial charge in [0.05, 0.1) is 17.1 Å². The minimum atomic E-state index is -0.732. The highest BCUT2D eigenvalue weighted by Gasteiger charge is 2.25. The molecule has 0 atom stereocenters. The molecule has 0 amide bonds. The van der Waals surface area contributed by atoms with Crippen molar-refractivity contribution in [1.29, 1.82) is 5.26 Å². The molecule has 152 valence electrons. The number of hydrogen-bond acceptors (Lipinski definition) is 6. The summed E-state index contributed by atoms with van der Waals surface area (Å²) in [5.41, 5.74) is 0.0967. The van der Waals surface area contributed by atoms with E-state index in [9.17, 15) is 20.2 Å². The molecule has 3 aromatic rings. The lowest BCUT2D eigenvalue weighted by molar-refractivity contribution is -0.386. The van der Waals surface area contributed by atoms with Gasteiger partial charge in [0.1, 0.15) is 28.8 Å². The normalized spacial score (nSPS) is 11.0. The zero-order valence-corrected chi connectivity index (χ0v) is 16.8. The van der Waals surface area contributed by atoms with Crippen LogP contribution < -0.4 is 5.56 Å². The Morgan fingerprint density at radius 1 is 1.33 bits per heavy atom. The highest BCUT2D eigenvalue weighted by molar-refractivity contribution is 6.31. The highest BCUT2D eigenvalue weighted by atomic mass is 35.5. The van der Waals surface area contributed by atoms with Crippen LogP contribution in [0.5, 0.6) is 0 Å². The summed E-state index contributed by atoms with van der Waals surface area (Å²) in [5.74, 6) is 0.980. The summed E-state index contributed by atoms with van der Waals surface area (Å²) in [7, 11) is 1.32. The topological polar surface area (TPSA) is 122 Å². The first-order valence-corrected chi connectivity index (χ1v) is 9.10. The van der Waals surface area contributed by atoms with Crippen LogP contribution in [0.2, 0.25) is 5.02 Å². The van der Waals surface area contributed by atoms with Gasteiger partial charge in [-0.25, -0.2) is 0 Å².